The molecule has 1 aliphatic rings. The maximum Gasteiger partial charge on any atom is 0.127 e. The van der Waals surface area contributed by atoms with Crippen molar-refractivity contribution < 1.29 is 4.74 Å². The molecule has 1 aromatic heterocycles. The van der Waals surface area contributed by atoms with Crippen LogP contribution in [-0.2, 0) is 0 Å². The molecular weight excluding hydrogens is 236 g/mol. The molecule has 1 aromatic carbocycles. The summed E-state index contributed by atoms with van der Waals surface area (Å²) in [7, 11) is 0. The number of ether oxygens (including phenoxy) is 1. The van der Waals surface area contributed by atoms with Crippen molar-refractivity contribution in [2.24, 2.45) is 0 Å². The van der Waals surface area contributed by atoms with E-state index in [0.29, 0.717) is 0 Å². The first-order chi connectivity index (χ1) is 9.33. The minimum Gasteiger partial charge on any atom is -0.462 e. The highest BCUT2D eigenvalue weighted by atomic mass is 16.5. The van der Waals surface area contributed by atoms with Gasteiger partial charge in [-0.3, -0.25) is 0 Å². The molecule has 19 heavy (non-hydrogen) atoms. The van der Waals surface area contributed by atoms with Gasteiger partial charge in [-0.15, -0.1) is 0 Å². The lowest BCUT2D eigenvalue weighted by atomic mass is 10.2. The van der Waals surface area contributed by atoms with Crippen molar-refractivity contribution in [3.05, 3.63) is 66.5 Å². The lowest BCUT2D eigenvalue weighted by molar-refractivity contribution is 0.402. The highest BCUT2D eigenvalue weighted by Crippen LogP contribution is 2.21. The van der Waals surface area contributed by atoms with Gasteiger partial charge in [-0.05, 0) is 43.7 Å². The largest absolute Gasteiger partial charge is 0.462 e. The summed E-state index contributed by atoms with van der Waals surface area (Å²) in [4.78, 5) is 4.22. The molecule has 0 saturated heterocycles. The van der Waals surface area contributed by atoms with Crippen molar-refractivity contribution in [3.8, 4) is 11.4 Å². The molecule has 3 rings (SSSR count). The molecule has 0 spiro atoms. The van der Waals surface area contributed by atoms with Crippen molar-refractivity contribution in [2.75, 3.05) is 0 Å². The number of nitrogens with zero attached hydrogens (tertiary/aromatic N) is 2. The lowest BCUT2D eigenvalue weighted by Crippen LogP contribution is -1.98. The van der Waals surface area contributed by atoms with E-state index in [2.05, 4.69) is 11.1 Å². The topological polar surface area (TPSA) is 27.1 Å². The maximum atomic E-state index is 5.84. The van der Waals surface area contributed by atoms with Gasteiger partial charge in [0.25, 0.3) is 0 Å². The van der Waals surface area contributed by atoms with Gasteiger partial charge < -0.3 is 9.30 Å². The van der Waals surface area contributed by atoms with Crippen LogP contribution in [0, 0.1) is 6.92 Å². The Morgan fingerprint density at radius 3 is 2.68 bits per heavy atom. The first-order valence-corrected chi connectivity index (χ1v) is 6.47. The zero-order valence-electron chi connectivity index (χ0n) is 10.9. The van der Waals surface area contributed by atoms with E-state index in [9.17, 15) is 0 Å². The summed E-state index contributed by atoms with van der Waals surface area (Å²) < 4.78 is 7.89. The highest BCUT2D eigenvalue weighted by molar-refractivity contribution is 5.39. The summed E-state index contributed by atoms with van der Waals surface area (Å²) in [6.07, 6.45) is 12.0. The van der Waals surface area contributed by atoms with Crippen molar-refractivity contribution in [1.29, 1.82) is 0 Å². The summed E-state index contributed by atoms with van der Waals surface area (Å²) in [5.74, 6) is 2.88. The third kappa shape index (κ3) is 2.60. The predicted octanol–water partition coefficient (Wildman–Crippen LogP) is 3.79. The maximum absolute atomic E-state index is 5.84. The lowest BCUT2D eigenvalue weighted by Gasteiger charge is -2.12. The summed E-state index contributed by atoms with van der Waals surface area (Å²) in [5, 5.41) is 0. The first kappa shape index (κ1) is 11.8. The average Bonchev–Trinajstić information content (AvgIpc) is 2.87. The van der Waals surface area contributed by atoms with E-state index in [0.717, 1.165) is 35.9 Å². The van der Waals surface area contributed by atoms with Gasteiger partial charge in [-0.25, -0.2) is 4.98 Å². The van der Waals surface area contributed by atoms with Crippen molar-refractivity contribution in [2.45, 2.75) is 19.8 Å². The van der Waals surface area contributed by atoms with E-state index >= 15 is 0 Å². The van der Waals surface area contributed by atoms with E-state index in [-0.39, 0.29) is 0 Å². The number of rotatable bonds is 3. The molecular formula is C16H16N2O. The van der Waals surface area contributed by atoms with Crippen molar-refractivity contribution in [1.82, 2.24) is 9.55 Å². The Kier molecular flexibility index (Phi) is 3.19. The zero-order chi connectivity index (χ0) is 13.1. The number of hydrogen-bond donors (Lipinski definition) is 0. The van der Waals surface area contributed by atoms with Gasteiger partial charge in [0.15, 0.2) is 0 Å². The van der Waals surface area contributed by atoms with E-state index in [4.69, 9.17) is 4.74 Å². The smallest absolute Gasteiger partial charge is 0.127 e. The van der Waals surface area contributed by atoms with Crippen molar-refractivity contribution >= 4 is 0 Å². The van der Waals surface area contributed by atoms with Gasteiger partial charge in [0.1, 0.15) is 17.3 Å². The minimum absolute atomic E-state index is 0.878. The molecule has 0 bridgehead atoms. The molecule has 3 heteroatoms. The van der Waals surface area contributed by atoms with Crippen LogP contribution in [0.5, 0.6) is 5.75 Å². The Morgan fingerprint density at radius 2 is 2.05 bits per heavy atom. The monoisotopic (exact) mass is 252 g/mol. The molecule has 3 nitrogen and oxygen atoms in total. The van der Waals surface area contributed by atoms with Crippen LogP contribution in [0.15, 0.2) is 60.6 Å². The van der Waals surface area contributed by atoms with Gasteiger partial charge in [0.2, 0.25) is 0 Å². The molecule has 2 aromatic rings. The Balaban J connectivity index is 1.78. The van der Waals surface area contributed by atoms with Crippen LogP contribution in [0.3, 0.4) is 0 Å². The Morgan fingerprint density at radius 1 is 1.21 bits per heavy atom. The molecule has 0 unspecified atom stereocenters. The van der Waals surface area contributed by atoms with Crippen molar-refractivity contribution in [3.63, 3.8) is 0 Å². The van der Waals surface area contributed by atoms with Gasteiger partial charge in [-0.2, -0.15) is 0 Å². The molecule has 0 fully saturated rings. The van der Waals surface area contributed by atoms with Gasteiger partial charge in [-0.1, -0.05) is 12.2 Å². The average molecular weight is 252 g/mol. The standard InChI is InChI=1S/C16H16N2O/c1-13-17-11-12-18(13)14-7-9-16(10-8-14)19-15-5-3-2-4-6-15/h2-3,5,7-12H,4,6H2,1H3. The third-order valence-electron chi connectivity index (χ3n) is 3.17. The second-order valence-corrected chi connectivity index (χ2v) is 4.54. The van der Waals surface area contributed by atoms with E-state index in [1.165, 1.54) is 0 Å². The quantitative estimate of drug-likeness (QED) is 0.831. The Bertz CT molecular complexity index is 620. The number of aromatic nitrogens is 2. The van der Waals surface area contributed by atoms with Gasteiger partial charge in [0, 0.05) is 24.5 Å². The van der Waals surface area contributed by atoms with Gasteiger partial charge in [0.05, 0.1) is 0 Å². The number of hydrogen-bond acceptors (Lipinski definition) is 2. The fourth-order valence-corrected chi connectivity index (χ4v) is 2.14. The predicted molar refractivity (Wildman–Crippen MR) is 75.4 cm³/mol. The van der Waals surface area contributed by atoms with Crippen LogP contribution >= 0.6 is 0 Å². The van der Waals surface area contributed by atoms with Crippen LogP contribution in [-0.4, -0.2) is 9.55 Å². The number of allylic oxidation sites excluding steroid dienone is 4. The van der Waals surface area contributed by atoms with Crippen LogP contribution in [0.25, 0.3) is 5.69 Å². The second kappa shape index (κ2) is 5.14. The molecule has 0 amide bonds. The third-order valence-corrected chi connectivity index (χ3v) is 3.17. The van der Waals surface area contributed by atoms with Crippen LogP contribution in [0.2, 0.25) is 0 Å². The summed E-state index contributed by atoms with van der Waals surface area (Å²) in [6.45, 7) is 1.99. The zero-order valence-corrected chi connectivity index (χ0v) is 10.9. The van der Waals surface area contributed by atoms with E-state index in [1.807, 2.05) is 54.1 Å². The fraction of sp³-hybridized carbons (Fsp3) is 0.188. The molecule has 0 saturated carbocycles. The highest BCUT2D eigenvalue weighted by Gasteiger charge is 2.04. The van der Waals surface area contributed by atoms with Crippen LogP contribution in [0.4, 0.5) is 0 Å². The molecule has 1 heterocycles. The second-order valence-electron chi connectivity index (χ2n) is 4.54. The Hall–Kier alpha value is -2.29. The molecule has 0 aliphatic heterocycles. The number of imidazole rings is 1. The Labute approximate surface area is 112 Å². The summed E-state index contributed by atoms with van der Waals surface area (Å²) in [6, 6.07) is 8.08. The van der Waals surface area contributed by atoms with Gasteiger partial charge >= 0.3 is 0 Å². The minimum atomic E-state index is 0.878. The van der Waals surface area contributed by atoms with Crippen LogP contribution in [0.1, 0.15) is 18.7 Å². The van der Waals surface area contributed by atoms with E-state index < -0.39 is 0 Å². The molecule has 0 atom stereocenters. The summed E-state index contributed by atoms with van der Waals surface area (Å²) >= 11 is 0. The first-order valence-electron chi connectivity index (χ1n) is 6.47. The molecule has 1 aliphatic carbocycles. The number of benzene rings is 1. The SMILES string of the molecule is Cc1nccn1-c1ccc(OC2=CC=CCC2)cc1. The normalized spacial score (nSPS) is 14.3. The van der Waals surface area contributed by atoms with Crippen LogP contribution < -0.4 is 4.74 Å². The molecule has 96 valence electrons. The van der Waals surface area contributed by atoms with E-state index in [1.54, 1.807) is 6.20 Å². The molecule has 0 N–H and O–H groups in total. The fourth-order valence-electron chi connectivity index (χ4n) is 2.14. The molecule has 0 radical (unpaired) electrons. The summed E-state index contributed by atoms with van der Waals surface area (Å²) in [5.41, 5.74) is 1.10. The number of aryl methyl sites for hydroxylation is 1.